The first-order valence-electron chi connectivity index (χ1n) is 11.6. The van der Waals surface area contributed by atoms with E-state index < -0.39 is 12.1 Å². The summed E-state index contributed by atoms with van der Waals surface area (Å²) in [4.78, 5) is 18.7. The second-order valence-electron chi connectivity index (χ2n) is 8.91. The minimum atomic E-state index is -0.726. The first-order chi connectivity index (χ1) is 16.0. The minimum Gasteiger partial charge on any atom is -0.497 e. The lowest BCUT2D eigenvalue weighted by atomic mass is 9.81. The maximum atomic E-state index is 12.0. The summed E-state index contributed by atoms with van der Waals surface area (Å²) in [6.07, 6.45) is 5.20. The molecule has 7 heteroatoms. The third-order valence-electron chi connectivity index (χ3n) is 6.83. The van der Waals surface area contributed by atoms with E-state index in [1.807, 2.05) is 24.3 Å². The Hall–Kier alpha value is -2.48. The Bertz CT molecular complexity index is 1060. The zero-order valence-electron chi connectivity index (χ0n) is 19.0. The maximum absolute atomic E-state index is 12.0. The molecule has 2 aromatic heterocycles. The minimum absolute atomic E-state index is 0.0768. The zero-order chi connectivity index (χ0) is 23.2. The van der Waals surface area contributed by atoms with Gasteiger partial charge in [0.25, 0.3) is 0 Å². The lowest BCUT2D eigenvalue weighted by Gasteiger charge is -2.37. The second-order valence-corrected chi connectivity index (χ2v) is 9.69. The van der Waals surface area contributed by atoms with E-state index in [-0.39, 0.29) is 11.8 Å². The number of hydrogen-bond donors (Lipinski definition) is 2. The number of pyridine rings is 1. The quantitative estimate of drug-likeness (QED) is 0.446. The summed E-state index contributed by atoms with van der Waals surface area (Å²) in [7, 11) is 1.62. The molecule has 3 atom stereocenters. The molecule has 0 amide bonds. The van der Waals surface area contributed by atoms with Crippen molar-refractivity contribution >= 4 is 28.2 Å². The number of aliphatic carboxylic acids is 1. The molecular weight excluding hydrogens is 436 g/mol. The van der Waals surface area contributed by atoms with E-state index in [0.717, 1.165) is 54.6 Å². The number of piperidine rings is 1. The van der Waals surface area contributed by atoms with Gasteiger partial charge in [-0.05, 0) is 103 Å². The van der Waals surface area contributed by atoms with Gasteiger partial charge in [0.15, 0.2) is 0 Å². The van der Waals surface area contributed by atoms with E-state index in [2.05, 4.69) is 26.7 Å². The van der Waals surface area contributed by atoms with Crippen LogP contribution >= 0.6 is 11.3 Å². The highest BCUT2D eigenvalue weighted by molar-refractivity contribution is 7.07. The lowest BCUT2D eigenvalue weighted by Crippen LogP contribution is -2.44. The van der Waals surface area contributed by atoms with E-state index >= 15 is 0 Å². The molecule has 4 rings (SSSR count). The van der Waals surface area contributed by atoms with Crippen LogP contribution in [-0.4, -0.2) is 52.8 Å². The van der Waals surface area contributed by atoms with Crippen molar-refractivity contribution in [3.63, 3.8) is 0 Å². The first-order valence-corrected chi connectivity index (χ1v) is 12.6. The Morgan fingerprint density at radius 3 is 2.97 bits per heavy atom. The molecule has 0 radical (unpaired) electrons. The molecule has 176 valence electrons. The smallest absolute Gasteiger partial charge is 0.308 e. The fourth-order valence-corrected chi connectivity index (χ4v) is 5.63. The van der Waals surface area contributed by atoms with Crippen molar-refractivity contribution in [1.29, 1.82) is 0 Å². The third kappa shape index (κ3) is 5.91. The van der Waals surface area contributed by atoms with Crippen molar-refractivity contribution in [2.24, 2.45) is 11.8 Å². The molecule has 3 heterocycles. The summed E-state index contributed by atoms with van der Waals surface area (Å²) in [6.45, 7) is 2.44. The average Bonchev–Trinajstić information content (AvgIpc) is 3.35. The van der Waals surface area contributed by atoms with E-state index in [9.17, 15) is 15.0 Å². The van der Waals surface area contributed by atoms with Crippen molar-refractivity contribution < 1.29 is 19.7 Å². The molecule has 0 aliphatic carbocycles. The van der Waals surface area contributed by atoms with Gasteiger partial charge in [-0.2, -0.15) is 11.3 Å². The number of carbonyl (C=O) groups is 1. The fraction of sp³-hybridized carbons (Fsp3) is 0.462. The summed E-state index contributed by atoms with van der Waals surface area (Å²) < 4.78 is 5.33. The maximum Gasteiger partial charge on any atom is 0.308 e. The number of nitrogens with zero attached hydrogens (tertiary/aromatic N) is 2. The monoisotopic (exact) mass is 468 g/mol. The van der Waals surface area contributed by atoms with Gasteiger partial charge in [-0.3, -0.25) is 9.78 Å². The number of benzene rings is 1. The number of fused-ring (bicyclic) bond motifs is 1. The molecule has 6 nitrogen and oxygen atoms in total. The molecule has 1 aromatic carbocycles. The van der Waals surface area contributed by atoms with Crippen LogP contribution in [-0.2, 0) is 11.2 Å². The van der Waals surface area contributed by atoms with Gasteiger partial charge in [-0.25, -0.2) is 0 Å². The van der Waals surface area contributed by atoms with Crippen LogP contribution < -0.4 is 4.74 Å². The molecular formula is C26H32N2O4S. The van der Waals surface area contributed by atoms with Gasteiger partial charge in [-0.1, -0.05) is 0 Å². The Kier molecular flexibility index (Phi) is 7.96. The number of rotatable bonds is 10. The van der Waals surface area contributed by atoms with E-state index in [1.54, 1.807) is 24.6 Å². The van der Waals surface area contributed by atoms with Crippen LogP contribution in [0.3, 0.4) is 0 Å². The normalized spacial score (nSPS) is 20.1. The summed E-state index contributed by atoms with van der Waals surface area (Å²) in [6, 6.07) is 9.65. The molecule has 1 fully saturated rings. The third-order valence-corrected chi connectivity index (χ3v) is 7.56. The molecule has 1 saturated heterocycles. The molecule has 0 saturated carbocycles. The Morgan fingerprint density at radius 2 is 2.21 bits per heavy atom. The highest BCUT2D eigenvalue weighted by Crippen LogP contribution is 2.33. The molecule has 0 bridgehead atoms. The van der Waals surface area contributed by atoms with E-state index in [1.165, 1.54) is 5.56 Å². The highest BCUT2D eigenvalue weighted by atomic mass is 32.1. The average molecular weight is 469 g/mol. The Labute approximate surface area is 198 Å². The predicted octanol–water partition coefficient (Wildman–Crippen LogP) is 4.77. The van der Waals surface area contributed by atoms with Gasteiger partial charge < -0.3 is 19.8 Å². The van der Waals surface area contributed by atoms with Crippen LogP contribution in [0.1, 0.15) is 42.9 Å². The predicted molar refractivity (Wildman–Crippen MR) is 131 cm³/mol. The topological polar surface area (TPSA) is 82.9 Å². The summed E-state index contributed by atoms with van der Waals surface area (Å²) in [5, 5.41) is 26.0. The zero-order valence-corrected chi connectivity index (χ0v) is 19.8. The number of likely N-dealkylation sites (tertiary alicyclic amines) is 1. The van der Waals surface area contributed by atoms with Gasteiger partial charge in [0, 0.05) is 18.1 Å². The standard InChI is InChI=1S/C26H32N2O4S/c1-32-20-5-6-24-22(15-20)21(8-11-27-24)25(29)7-4-19-9-13-28(16-23(19)26(30)31)12-2-3-18-10-14-33-17-18/h5-6,8,10-11,14-15,17,19,23,25,29H,2-4,7,9,12-13,16H2,1H3,(H,30,31)/t19-,23+,25?/m1/s1. The van der Waals surface area contributed by atoms with Crippen LogP contribution in [0.4, 0.5) is 0 Å². The van der Waals surface area contributed by atoms with Crippen molar-refractivity contribution in [2.75, 3.05) is 26.7 Å². The molecule has 1 aliphatic heterocycles. The first kappa shape index (κ1) is 23.7. The van der Waals surface area contributed by atoms with E-state index in [0.29, 0.717) is 19.4 Å². The number of carboxylic acids is 1. The van der Waals surface area contributed by atoms with Gasteiger partial charge in [0.05, 0.1) is 24.6 Å². The van der Waals surface area contributed by atoms with Crippen LogP contribution in [0, 0.1) is 11.8 Å². The number of ether oxygens (including phenoxy) is 1. The number of hydrogen-bond acceptors (Lipinski definition) is 6. The molecule has 1 aliphatic rings. The van der Waals surface area contributed by atoms with E-state index in [4.69, 9.17) is 4.74 Å². The fourth-order valence-electron chi connectivity index (χ4n) is 4.93. The van der Waals surface area contributed by atoms with Crippen LogP contribution in [0.25, 0.3) is 10.9 Å². The molecule has 0 spiro atoms. The second kappa shape index (κ2) is 11.1. The summed E-state index contributed by atoms with van der Waals surface area (Å²) >= 11 is 1.72. The van der Waals surface area contributed by atoms with Crippen molar-refractivity contribution in [3.05, 3.63) is 58.4 Å². The molecule has 1 unspecified atom stereocenters. The van der Waals surface area contributed by atoms with Gasteiger partial charge in [0.2, 0.25) is 0 Å². The SMILES string of the molecule is COc1ccc2nccc(C(O)CC[C@@H]3CCN(CCCc4ccsc4)C[C@@H]3C(=O)O)c2c1. The summed E-state index contributed by atoms with van der Waals surface area (Å²) in [5.41, 5.74) is 2.99. The van der Waals surface area contributed by atoms with Gasteiger partial charge >= 0.3 is 5.97 Å². The number of thiophene rings is 1. The van der Waals surface area contributed by atoms with Crippen molar-refractivity contribution in [1.82, 2.24) is 9.88 Å². The Balaban J connectivity index is 1.34. The number of carboxylic acid groups (broad SMARTS) is 1. The van der Waals surface area contributed by atoms with Crippen LogP contribution in [0.5, 0.6) is 5.75 Å². The largest absolute Gasteiger partial charge is 0.497 e. The highest BCUT2D eigenvalue weighted by Gasteiger charge is 2.34. The van der Waals surface area contributed by atoms with Crippen molar-refractivity contribution in [3.8, 4) is 5.75 Å². The lowest BCUT2D eigenvalue weighted by molar-refractivity contribution is -0.146. The van der Waals surface area contributed by atoms with Crippen molar-refractivity contribution in [2.45, 2.75) is 38.2 Å². The van der Waals surface area contributed by atoms with Crippen LogP contribution in [0.15, 0.2) is 47.3 Å². The van der Waals surface area contributed by atoms with Gasteiger partial charge in [0.1, 0.15) is 5.75 Å². The summed E-state index contributed by atoms with van der Waals surface area (Å²) in [5.74, 6) is -0.313. The molecule has 33 heavy (non-hydrogen) atoms. The number of aryl methyl sites for hydroxylation is 1. The van der Waals surface area contributed by atoms with Gasteiger partial charge in [-0.15, -0.1) is 0 Å². The van der Waals surface area contributed by atoms with Crippen LogP contribution in [0.2, 0.25) is 0 Å². The number of aliphatic hydroxyl groups excluding tert-OH is 1. The Morgan fingerprint density at radius 1 is 1.33 bits per heavy atom. The number of aromatic nitrogens is 1. The number of aliphatic hydroxyl groups is 1. The molecule has 3 aromatic rings. The number of methoxy groups -OCH3 is 1. The molecule has 2 N–H and O–H groups in total.